The number of carbonyl (C=O) groups excluding carboxylic acids is 1. The predicted molar refractivity (Wildman–Crippen MR) is 106 cm³/mol. The summed E-state index contributed by atoms with van der Waals surface area (Å²) in [7, 11) is 0. The van der Waals surface area contributed by atoms with E-state index in [4.69, 9.17) is 4.42 Å². The molecule has 154 valence electrons. The van der Waals surface area contributed by atoms with Crippen LogP contribution >= 0.6 is 0 Å². The van der Waals surface area contributed by atoms with E-state index in [1.807, 2.05) is 18.2 Å². The molecule has 0 radical (unpaired) electrons. The highest BCUT2D eigenvalue weighted by molar-refractivity contribution is 6.10. The van der Waals surface area contributed by atoms with Crippen molar-refractivity contribution in [2.24, 2.45) is 0 Å². The van der Waals surface area contributed by atoms with E-state index in [0.717, 1.165) is 17.1 Å². The van der Waals surface area contributed by atoms with Crippen molar-refractivity contribution in [3.8, 4) is 22.8 Å². The Labute approximate surface area is 172 Å². The number of aromatic nitrogens is 4. The number of nitrogens with one attached hydrogen (secondary N) is 2. The summed E-state index contributed by atoms with van der Waals surface area (Å²) in [6, 6.07) is 11.7. The van der Waals surface area contributed by atoms with Crippen LogP contribution in [-0.4, -0.2) is 25.7 Å². The first-order chi connectivity index (χ1) is 14.9. The molecule has 0 saturated heterocycles. The fraction of sp³-hybridized carbons (Fsp3) is 0.0455. The van der Waals surface area contributed by atoms with Crippen molar-refractivity contribution in [3.05, 3.63) is 84.0 Å². The third-order valence-corrected chi connectivity index (χ3v) is 4.88. The number of carbonyl (C=O) groups is 1. The van der Waals surface area contributed by atoms with Gasteiger partial charge >= 0.3 is 6.18 Å². The molecule has 2 aromatic carbocycles. The summed E-state index contributed by atoms with van der Waals surface area (Å²) in [6.45, 7) is 0. The summed E-state index contributed by atoms with van der Waals surface area (Å²) < 4.78 is 45.1. The van der Waals surface area contributed by atoms with Crippen molar-refractivity contribution in [3.63, 3.8) is 0 Å². The van der Waals surface area contributed by atoms with E-state index in [9.17, 15) is 18.0 Å². The number of halogens is 3. The molecule has 0 aliphatic rings. The third kappa shape index (κ3) is 3.39. The van der Waals surface area contributed by atoms with Gasteiger partial charge in [0.1, 0.15) is 0 Å². The maximum Gasteiger partial charge on any atom is 0.417 e. The molecule has 0 saturated carbocycles. The van der Waals surface area contributed by atoms with Crippen LogP contribution in [-0.2, 0) is 6.18 Å². The Balaban J connectivity index is 1.48. The number of aromatic amines is 2. The van der Waals surface area contributed by atoms with Crippen LogP contribution in [0.4, 0.5) is 13.2 Å². The molecule has 31 heavy (non-hydrogen) atoms. The Morgan fingerprint density at radius 2 is 1.90 bits per heavy atom. The van der Waals surface area contributed by atoms with E-state index < -0.39 is 23.1 Å². The van der Waals surface area contributed by atoms with Gasteiger partial charge < -0.3 is 14.4 Å². The zero-order valence-corrected chi connectivity index (χ0v) is 15.7. The van der Waals surface area contributed by atoms with E-state index in [-0.39, 0.29) is 5.56 Å². The van der Waals surface area contributed by atoms with Crippen molar-refractivity contribution in [2.45, 2.75) is 6.18 Å². The Morgan fingerprint density at radius 3 is 2.68 bits per heavy atom. The van der Waals surface area contributed by atoms with Crippen molar-refractivity contribution < 1.29 is 22.4 Å². The molecular formula is C22H13F3N4O2. The van der Waals surface area contributed by atoms with Crippen LogP contribution in [0.2, 0.25) is 0 Å². The number of alkyl halides is 3. The molecule has 0 fully saturated rings. The average Bonchev–Trinajstić information content (AvgIpc) is 3.52. The monoisotopic (exact) mass is 422 g/mol. The zero-order valence-electron chi connectivity index (χ0n) is 15.7. The van der Waals surface area contributed by atoms with Gasteiger partial charge in [-0.15, -0.1) is 0 Å². The number of imidazole rings is 1. The number of fused-ring (bicyclic) bond motifs is 1. The first-order valence-corrected chi connectivity index (χ1v) is 9.18. The van der Waals surface area contributed by atoms with Gasteiger partial charge in [-0.25, -0.2) is 9.97 Å². The van der Waals surface area contributed by atoms with Gasteiger partial charge in [-0.3, -0.25) is 4.79 Å². The Bertz CT molecular complexity index is 1400. The molecule has 3 aromatic heterocycles. The summed E-state index contributed by atoms with van der Waals surface area (Å²) >= 11 is 0. The molecular weight excluding hydrogens is 409 g/mol. The summed E-state index contributed by atoms with van der Waals surface area (Å²) in [4.78, 5) is 27.2. The molecule has 0 aliphatic carbocycles. The average molecular weight is 422 g/mol. The zero-order chi connectivity index (χ0) is 21.6. The number of H-pyrrole nitrogens is 2. The minimum Gasteiger partial charge on any atom is -0.444 e. The van der Waals surface area contributed by atoms with Crippen LogP contribution in [0, 0.1) is 0 Å². The van der Waals surface area contributed by atoms with Gasteiger partial charge in [-0.1, -0.05) is 18.2 Å². The number of hydrogen-bond donors (Lipinski definition) is 2. The van der Waals surface area contributed by atoms with Crippen molar-refractivity contribution in [1.82, 2.24) is 19.9 Å². The molecule has 0 atom stereocenters. The van der Waals surface area contributed by atoms with Gasteiger partial charge in [-0.2, -0.15) is 13.2 Å². The van der Waals surface area contributed by atoms with E-state index in [2.05, 4.69) is 19.9 Å². The molecule has 0 amide bonds. The van der Waals surface area contributed by atoms with Crippen molar-refractivity contribution in [1.29, 1.82) is 0 Å². The molecule has 0 unspecified atom stereocenters. The SMILES string of the molecule is O=C(c1c[nH]c(-c2nc3ccc(-c4cnco4)cc3[nH]2)c1)c1ccccc1C(F)(F)F. The highest BCUT2D eigenvalue weighted by Gasteiger charge is 2.35. The minimum absolute atomic E-state index is 0.106. The molecule has 0 bridgehead atoms. The molecule has 6 nitrogen and oxygen atoms in total. The van der Waals surface area contributed by atoms with Gasteiger partial charge in [0.05, 0.1) is 28.5 Å². The topological polar surface area (TPSA) is 87.6 Å². The van der Waals surface area contributed by atoms with Crippen molar-refractivity contribution in [2.75, 3.05) is 0 Å². The van der Waals surface area contributed by atoms with Crippen LogP contribution < -0.4 is 0 Å². The predicted octanol–water partition coefficient (Wildman–Crippen LogP) is 5.46. The molecule has 5 rings (SSSR count). The van der Waals surface area contributed by atoms with Crippen LogP contribution in [0.1, 0.15) is 21.5 Å². The van der Waals surface area contributed by atoms with Crippen LogP contribution in [0.3, 0.4) is 0 Å². The van der Waals surface area contributed by atoms with Gasteiger partial charge in [0.25, 0.3) is 0 Å². The van der Waals surface area contributed by atoms with Crippen LogP contribution in [0.5, 0.6) is 0 Å². The largest absolute Gasteiger partial charge is 0.444 e. The fourth-order valence-electron chi connectivity index (χ4n) is 3.39. The maximum absolute atomic E-state index is 13.3. The highest BCUT2D eigenvalue weighted by atomic mass is 19.4. The number of nitrogens with zero attached hydrogens (tertiary/aromatic N) is 2. The molecule has 3 heterocycles. The van der Waals surface area contributed by atoms with Gasteiger partial charge in [-0.05, 0) is 30.3 Å². The Kier molecular flexibility index (Phi) is 4.25. The van der Waals surface area contributed by atoms with E-state index in [1.165, 1.54) is 36.9 Å². The number of rotatable bonds is 4. The quantitative estimate of drug-likeness (QED) is 0.376. The summed E-state index contributed by atoms with van der Waals surface area (Å²) in [5.74, 6) is 0.334. The first kappa shape index (κ1) is 18.9. The third-order valence-electron chi connectivity index (χ3n) is 4.88. The van der Waals surface area contributed by atoms with Crippen LogP contribution in [0.25, 0.3) is 33.9 Å². The second-order valence-corrected chi connectivity index (χ2v) is 6.86. The van der Waals surface area contributed by atoms with Crippen LogP contribution in [0.15, 0.2) is 71.7 Å². The number of hydrogen-bond acceptors (Lipinski definition) is 4. The molecule has 0 spiro atoms. The smallest absolute Gasteiger partial charge is 0.417 e. The molecule has 0 aliphatic heterocycles. The molecule has 2 N–H and O–H groups in total. The Morgan fingerprint density at radius 1 is 1.06 bits per heavy atom. The first-order valence-electron chi connectivity index (χ1n) is 9.18. The van der Waals surface area contributed by atoms with Gasteiger partial charge in [0.2, 0.25) is 0 Å². The van der Waals surface area contributed by atoms with Gasteiger partial charge in [0, 0.05) is 22.9 Å². The second-order valence-electron chi connectivity index (χ2n) is 6.86. The lowest BCUT2D eigenvalue weighted by Crippen LogP contribution is -2.13. The maximum atomic E-state index is 13.3. The lowest BCUT2D eigenvalue weighted by Gasteiger charge is -2.10. The summed E-state index contributed by atoms with van der Waals surface area (Å²) in [5.41, 5.74) is 1.44. The number of oxazole rings is 1. The minimum atomic E-state index is -4.62. The normalized spacial score (nSPS) is 11.8. The standard InChI is InChI=1S/C22H13F3N4O2/c23-22(24,25)15-4-2-1-3-14(15)20(30)13-8-18(27-9-13)21-28-16-6-5-12(7-17(16)29-21)19-10-26-11-31-19/h1-11,27H,(H,28,29). The summed E-state index contributed by atoms with van der Waals surface area (Å²) in [5, 5.41) is 0. The number of benzene rings is 2. The molecule has 9 heteroatoms. The lowest BCUT2D eigenvalue weighted by atomic mass is 9.99. The van der Waals surface area contributed by atoms with E-state index in [1.54, 1.807) is 6.20 Å². The van der Waals surface area contributed by atoms with Gasteiger partial charge in [0.15, 0.2) is 23.8 Å². The van der Waals surface area contributed by atoms with E-state index in [0.29, 0.717) is 22.8 Å². The van der Waals surface area contributed by atoms with Crippen molar-refractivity contribution >= 4 is 16.8 Å². The molecule has 5 aromatic rings. The number of ketones is 1. The fourth-order valence-corrected chi connectivity index (χ4v) is 3.39. The lowest BCUT2D eigenvalue weighted by molar-refractivity contribution is -0.137. The Hall–Kier alpha value is -4.14. The summed E-state index contributed by atoms with van der Waals surface area (Å²) in [6.07, 6.45) is -0.310. The second kappa shape index (κ2) is 6.98. The van der Waals surface area contributed by atoms with E-state index >= 15 is 0 Å². The highest BCUT2D eigenvalue weighted by Crippen LogP contribution is 2.33.